The molecule has 2 aromatic rings. The van der Waals surface area contributed by atoms with Crippen molar-refractivity contribution in [1.82, 2.24) is 14.5 Å². The summed E-state index contributed by atoms with van der Waals surface area (Å²) in [6.07, 6.45) is 7.24. The van der Waals surface area contributed by atoms with Gasteiger partial charge in [0.25, 0.3) is 5.56 Å². The van der Waals surface area contributed by atoms with E-state index in [1.54, 1.807) is 24.8 Å². The van der Waals surface area contributed by atoms with E-state index in [2.05, 4.69) is 0 Å². The smallest absolute Gasteiger partial charge is 0.261 e. The molecule has 0 radical (unpaired) electrons. The van der Waals surface area contributed by atoms with Crippen LogP contribution in [0.4, 0.5) is 0 Å². The minimum absolute atomic E-state index is 0.0749. The number of carbonyl (C=O) groups is 1. The molecular formula is C23H33N3O3. The van der Waals surface area contributed by atoms with E-state index in [1.165, 1.54) is 25.7 Å². The Balaban J connectivity index is 1.90. The predicted octanol–water partition coefficient (Wildman–Crippen LogP) is 3.83. The predicted molar refractivity (Wildman–Crippen MR) is 115 cm³/mol. The molecule has 0 bridgehead atoms. The van der Waals surface area contributed by atoms with E-state index in [0.717, 1.165) is 6.42 Å². The lowest BCUT2D eigenvalue weighted by atomic mass is 10.0. The Bertz CT molecular complexity index is 887. The molecule has 29 heavy (non-hydrogen) atoms. The Labute approximate surface area is 172 Å². The van der Waals surface area contributed by atoms with Gasteiger partial charge in [0.2, 0.25) is 5.91 Å². The zero-order valence-electron chi connectivity index (χ0n) is 17.9. The van der Waals surface area contributed by atoms with Crippen LogP contribution in [0.25, 0.3) is 10.9 Å². The summed E-state index contributed by atoms with van der Waals surface area (Å²) in [5.41, 5.74) is 0.600. The molecule has 158 valence electrons. The van der Waals surface area contributed by atoms with Gasteiger partial charge in [0.1, 0.15) is 5.82 Å². The van der Waals surface area contributed by atoms with Crippen LogP contribution in [0, 0.1) is 5.92 Å². The molecule has 0 N–H and O–H groups in total. The van der Waals surface area contributed by atoms with E-state index in [1.807, 2.05) is 30.0 Å². The maximum atomic E-state index is 13.2. The maximum absolute atomic E-state index is 13.2. The summed E-state index contributed by atoms with van der Waals surface area (Å²) in [5, 5.41) is 0.601. The number of aromatic nitrogens is 2. The first-order chi connectivity index (χ1) is 14.1. The molecule has 1 aromatic heterocycles. The average molecular weight is 400 g/mol. The van der Waals surface area contributed by atoms with Crippen LogP contribution in [0.2, 0.25) is 0 Å². The Morgan fingerprint density at radius 2 is 2.03 bits per heavy atom. The van der Waals surface area contributed by atoms with Crippen molar-refractivity contribution in [3.8, 4) is 0 Å². The van der Waals surface area contributed by atoms with Crippen LogP contribution in [-0.2, 0) is 16.6 Å². The first kappa shape index (κ1) is 21.5. The second-order valence-corrected chi connectivity index (χ2v) is 8.04. The van der Waals surface area contributed by atoms with Crippen molar-refractivity contribution in [3.05, 3.63) is 40.4 Å². The van der Waals surface area contributed by atoms with Gasteiger partial charge in [-0.25, -0.2) is 4.98 Å². The summed E-state index contributed by atoms with van der Waals surface area (Å²) in [7, 11) is 3.39. The summed E-state index contributed by atoms with van der Waals surface area (Å²) in [4.78, 5) is 32.7. The molecule has 3 rings (SSSR count). The molecule has 1 fully saturated rings. The number of benzene rings is 1. The third-order valence-electron chi connectivity index (χ3n) is 6.18. The Morgan fingerprint density at radius 3 is 2.72 bits per heavy atom. The van der Waals surface area contributed by atoms with E-state index >= 15 is 0 Å². The molecule has 6 heteroatoms. The zero-order valence-corrected chi connectivity index (χ0v) is 17.9. The number of ether oxygens (including phenoxy) is 1. The minimum Gasteiger partial charge on any atom is -0.383 e. The molecule has 6 nitrogen and oxygen atoms in total. The van der Waals surface area contributed by atoms with Crippen LogP contribution in [-0.4, -0.2) is 40.6 Å². The van der Waals surface area contributed by atoms with E-state index in [0.29, 0.717) is 48.6 Å². The zero-order chi connectivity index (χ0) is 20.8. The van der Waals surface area contributed by atoms with Crippen LogP contribution in [0.15, 0.2) is 29.1 Å². The highest BCUT2D eigenvalue weighted by atomic mass is 16.5. The SMILES string of the molecule is CCC(c1nc2ccccc2c(=O)n1C)N(CCOC)C(=O)CCC1CCCC1. The fourth-order valence-corrected chi connectivity index (χ4v) is 4.49. The van der Waals surface area contributed by atoms with Crippen molar-refractivity contribution in [2.24, 2.45) is 13.0 Å². The molecule has 1 saturated carbocycles. The molecule has 1 aliphatic carbocycles. The van der Waals surface area contributed by atoms with Gasteiger partial charge >= 0.3 is 0 Å². The van der Waals surface area contributed by atoms with Gasteiger partial charge in [0.15, 0.2) is 0 Å². The number of amides is 1. The molecule has 1 aliphatic rings. The molecule has 1 atom stereocenters. The lowest BCUT2D eigenvalue weighted by Gasteiger charge is -2.32. The Kier molecular flexibility index (Phi) is 7.42. The quantitative estimate of drug-likeness (QED) is 0.643. The van der Waals surface area contributed by atoms with Crippen molar-refractivity contribution >= 4 is 16.8 Å². The fourth-order valence-electron chi connectivity index (χ4n) is 4.49. The molecule has 1 heterocycles. The second-order valence-electron chi connectivity index (χ2n) is 8.04. The number of fused-ring (bicyclic) bond motifs is 1. The van der Waals surface area contributed by atoms with E-state index in [-0.39, 0.29) is 17.5 Å². The highest BCUT2D eigenvalue weighted by Gasteiger charge is 2.28. The van der Waals surface area contributed by atoms with E-state index in [4.69, 9.17) is 9.72 Å². The van der Waals surface area contributed by atoms with Gasteiger partial charge in [-0.2, -0.15) is 0 Å². The standard InChI is InChI=1S/C23H33N3O3/c1-4-20(22-24-19-12-8-7-11-18(19)23(28)25(22)2)26(15-16-29-3)21(27)14-13-17-9-5-6-10-17/h7-8,11-12,17,20H,4-6,9-10,13-16H2,1-3H3. The molecule has 0 aliphatic heterocycles. The van der Waals surface area contributed by atoms with Crippen LogP contribution in [0.1, 0.15) is 63.7 Å². The summed E-state index contributed by atoms with van der Waals surface area (Å²) >= 11 is 0. The van der Waals surface area contributed by atoms with E-state index < -0.39 is 0 Å². The molecule has 1 unspecified atom stereocenters. The summed E-state index contributed by atoms with van der Waals surface area (Å²) in [6.45, 7) is 3.00. The first-order valence-corrected chi connectivity index (χ1v) is 10.8. The summed E-state index contributed by atoms with van der Waals surface area (Å²) < 4.78 is 6.87. The van der Waals surface area contributed by atoms with Gasteiger partial charge in [-0.3, -0.25) is 14.2 Å². The normalized spacial score (nSPS) is 15.7. The molecule has 0 saturated heterocycles. The van der Waals surface area contributed by atoms with Crippen LogP contribution < -0.4 is 5.56 Å². The Hall–Kier alpha value is -2.21. The Morgan fingerprint density at radius 1 is 1.31 bits per heavy atom. The second kappa shape index (κ2) is 10.0. The van der Waals surface area contributed by atoms with Gasteiger partial charge in [-0.15, -0.1) is 0 Å². The van der Waals surface area contributed by atoms with Gasteiger partial charge in [-0.05, 0) is 30.9 Å². The summed E-state index contributed by atoms with van der Waals surface area (Å²) in [5.74, 6) is 1.44. The molecule has 0 spiro atoms. The van der Waals surface area contributed by atoms with Crippen molar-refractivity contribution in [2.75, 3.05) is 20.3 Å². The fraction of sp³-hybridized carbons (Fsp3) is 0.609. The number of methoxy groups -OCH3 is 1. The minimum atomic E-state index is -0.247. The van der Waals surface area contributed by atoms with Crippen LogP contribution in [0.5, 0.6) is 0 Å². The lowest BCUT2D eigenvalue weighted by Crippen LogP contribution is -2.40. The number of nitrogens with zero attached hydrogens (tertiary/aromatic N) is 3. The van der Waals surface area contributed by atoms with Gasteiger partial charge < -0.3 is 9.64 Å². The first-order valence-electron chi connectivity index (χ1n) is 10.8. The highest BCUT2D eigenvalue weighted by Crippen LogP contribution is 2.30. The number of para-hydroxylation sites is 1. The van der Waals surface area contributed by atoms with E-state index in [9.17, 15) is 9.59 Å². The number of rotatable bonds is 9. The van der Waals surface area contributed by atoms with Crippen molar-refractivity contribution in [2.45, 2.75) is 57.9 Å². The number of carbonyl (C=O) groups excluding carboxylic acids is 1. The highest BCUT2D eigenvalue weighted by molar-refractivity contribution is 5.78. The van der Waals surface area contributed by atoms with Gasteiger partial charge in [-0.1, -0.05) is 44.7 Å². The average Bonchev–Trinajstić information content (AvgIpc) is 3.26. The van der Waals surface area contributed by atoms with Crippen molar-refractivity contribution in [3.63, 3.8) is 0 Å². The van der Waals surface area contributed by atoms with Crippen molar-refractivity contribution in [1.29, 1.82) is 0 Å². The molecule has 1 aromatic carbocycles. The van der Waals surface area contributed by atoms with Gasteiger partial charge in [0.05, 0.1) is 23.6 Å². The van der Waals surface area contributed by atoms with Gasteiger partial charge in [0, 0.05) is 27.1 Å². The summed E-state index contributed by atoms with van der Waals surface area (Å²) in [6, 6.07) is 7.14. The number of hydrogen-bond acceptors (Lipinski definition) is 4. The van der Waals surface area contributed by atoms with Crippen LogP contribution in [0.3, 0.4) is 0 Å². The maximum Gasteiger partial charge on any atom is 0.261 e. The topological polar surface area (TPSA) is 64.4 Å². The number of hydrogen-bond donors (Lipinski definition) is 0. The third kappa shape index (κ3) is 4.86. The van der Waals surface area contributed by atoms with Crippen LogP contribution >= 0.6 is 0 Å². The molecular weight excluding hydrogens is 366 g/mol. The third-order valence-corrected chi connectivity index (χ3v) is 6.18. The largest absolute Gasteiger partial charge is 0.383 e. The molecule has 1 amide bonds. The lowest BCUT2D eigenvalue weighted by molar-refractivity contribution is -0.135. The van der Waals surface area contributed by atoms with Crippen molar-refractivity contribution < 1.29 is 9.53 Å². The monoisotopic (exact) mass is 399 g/mol.